The highest BCUT2D eigenvalue weighted by Gasteiger charge is 2.25. The maximum atomic E-state index is 2.67. The van der Waals surface area contributed by atoms with Gasteiger partial charge in [-0.2, -0.15) is 0 Å². The molecule has 0 aromatic rings. The SMILES string of the molecule is CCCN(CC)CCN(CC)C(C)(C)CCCC(C)(C)C. The lowest BCUT2D eigenvalue weighted by molar-refractivity contribution is 0.0955. The molecule has 0 aliphatic carbocycles. The molecule has 2 heteroatoms. The van der Waals surface area contributed by atoms with Gasteiger partial charge in [-0.25, -0.2) is 0 Å². The molecule has 0 bridgehead atoms. The van der Waals surface area contributed by atoms with Crippen molar-refractivity contribution >= 4 is 0 Å². The first-order valence-electron chi connectivity index (χ1n) is 9.13. The first-order valence-corrected chi connectivity index (χ1v) is 9.13. The Labute approximate surface area is 135 Å². The van der Waals surface area contributed by atoms with E-state index in [1.807, 2.05) is 0 Å². The van der Waals surface area contributed by atoms with Crippen LogP contribution in [0.1, 0.15) is 81.1 Å². The summed E-state index contributed by atoms with van der Waals surface area (Å²) in [7, 11) is 0. The van der Waals surface area contributed by atoms with Crippen molar-refractivity contribution in [2.75, 3.05) is 32.7 Å². The Morgan fingerprint density at radius 2 is 1.33 bits per heavy atom. The molecule has 0 aromatic heterocycles. The summed E-state index contributed by atoms with van der Waals surface area (Å²) in [5.41, 5.74) is 0.791. The molecule has 0 rings (SSSR count). The van der Waals surface area contributed by atoms with Crippen molar-refractivity contribution in [2.24, 2.45) is 5.41 Å². The lowest BCUT2D eigenvalue weighted by Gasteiger charge is -2.40. The van der Waals surface area contributed by atoms with Crippen LogP contribution in [0.3, 0.4) is 0 Å². The molecule has 0 N–H and O–H groups in total. The predicted octanol–water partition coefficient (Wildman–Crippen LogP) is 5.04. The second kappa shape index (κ2) is 9.84. The zero-order valence-corrected chi connectivity index (χ0v) is 16.3. The van der Waals surface area contributed by atoms with E-state index in [2.05, 4.69) is 65.2 Å². The molecule has 0 aliphatic rings. The van der Waals surface area contributed by atoms with Crippen LogP contribution < -0.4 is 0 Å². The smallest absolute Gasteiger partial charge is 0.0153 e. The van der Waals surface area contributed by atoms with Crippen LogP contribution in [0, 0.1) is 5.41 Å². The normalized spacial score (nSPS) is 13.4. The molecule has 0 heterocycles. The van der Waals surface area contributed by atoms with Gasteiger partial charge in [-0.3, -0.25) is 4.90 Å². The zero-order chi connectivity index (χ0) is 16.5. The summed E-state index contributed by atoms with van der Waals surface area (Å²) < 4.78 is 0. The minimum atomic E-state index is 0.325. The predicted molar refractivity (Wildman–Crippen MR) is 97.0 cm³/mol. The van der Waals surface area contributed by atoms with Gasteiger partial charge in [0.15, 0.2) is 0 Å². The second-order valence-electron chi connectivity index (χ2n) is 8.24. The molecule has 128 valence electrons. The standard InChI is InChI=1S/C19H42N2/c1-9-15-20(10-2)16-17-21(11-3)19(7,8)14-12-13-18(4,5)6/h9-17H2,1-8H3. The maximum absolute atomic E-state index is 2.67. The van der Waals surface area contributed by atoms with Crippen molar-refractivity contribution in [1.29, 1.82) is 0 Å². The highest BCUT2D eigenvalue weighted by molar-refractivity contribution is 4.82. The minimum absolute atomic E-state index is 0.325. The molecule has 21 heavy (non-hydrogen) atoms. The van der Waals surface area contributed by atoms with Crippen LogP contribution in [0.2, 0.25) is 0 Å². The molecule has 0 aliphatic heterocycles. The van der Waals surface area contributed by atoms with Crippen LogP contribution in [0.4, 0.5) is 0 Å². The topological polar surface area (TPSA) is 6.48 Å². The molecule has 0 saturated carbocycles. The molecule has 0 unspecified atom stereocenters. The van der Waals surface area contributed by atoms with Gasteiger partial charge in [-0.05, 0) is 58.2 Å². The molecule has 0 radical (unpaired) electrons. The third kappa shape index (κ3) is 9.52. The van der Waals surface area contributed by atoms with Crippen molar-refractivity contribution in [1.82, 2.24) is 9.80 Å². The molecule has 0 atom stereocenters. The summed E-state index contributed by atoms with van der Waals surface area (Å²) in [5, 5.41) is 0. The molecule has 0 fully saturated rings. The Morgan fingerprint density at radius 3 is 1.76 bits per heavy atom. The first kappa shape index (κ1) is 20.9. The Kier molecular flexibility index (Phi) is 9.80. The zero-order valence-electron chi connectivity index (χ0n) is 16.3. The van der Waals surface area contributed by atoms with E-state index in [1.165, 1.54) is 51.9 Å². The van der Waals surface area contributed by atoms with Crippen LogP contribution in [0.5, 0.6) is 0 Å². The summed E-state index contributed by atoms with van der Waals surface area (Å²) in [6, 6.07) is 0. The van der Waals surface area contributed by atoms with Gasteiger partial charge < -0.3 is 4.90 Å². The van der Waals surface area contributed by atoms with Gasteiger partial charge in [-0.1, -0.05) is 48.0 Å². The number of hydrogen-bond donors (Lipinski definition) is 0. The summed E-state index contributed by atoms with van der Waals surface area (Å²) in [6.07, 6.45) is 5.22. The molecule has 2 nitrogen and oxygen atoms in total. The van der Waals surface area contributed by atoms with Crippen molar-refractivity contribution < 1.29 is 0 Å². The molecule has 0 saturated heterocycles. The highest BCUT2D eigenvalue weighted by Crippen LogP contribution is 2.27. The molecule has 0 aromatic carbocycles. The van der Waals surface area contributed by atoms with Gasteiger partial charge in [-0.15, -0.1) is 0 Å². The van der Waals surface area contributed by atoms with Gasteiger partial charge in [0.05, 0.1) is 0 Å². The van der Waals surface area contributed by atoms with E-state index >= 15 is 0 Å². The minimum Gasteiger partial charge on any atom is -0.302 e. The number of nitrogens with zero attached hydrogens (tertiary/aromatic N) is 2. The van der Waals surface area contributed by atoms with Crippen molar-refractivity contribution in [3.63, 3.8) is 0 Å². The fourth-order valence-electron chi connectivity index (χ4n) is 3.10. The summed E-state index contributed by atoms with van der Waals surface area (Å²) in [4.78, 5) is 5.25. The van der Waals surface area contributed by atoms with E-state index in [4.69, 9.17) is 0 Å². The lowest BCUT2D eigenvalue weighted by atomic mass is 9.86. The van der Waals surface area contributed by atoms with Crippen LogP contribution in [-0.4, -0.2) is 48.1 Å². The van der Waals surface area contributed by atoms with Crippen LogP contribution in [-0.2, 0) is 0 Å². The average molecular weight is 299 g/mol. The van der Waals surface area contributed by atoms with E-state index < -0.39 is 0 Å². The Morgan fingerprint density at radius 1 is 0.714 bits per heavy atom. The Balaban J connectivity index is 4.33. The monoisotopic (exact) mass is 298 g/mol. The fraction of sp³-hybridized carbons (Fsp3) is 1.00. The van der Waals surface area contributed by atoms with Gasteiger partial charge in [0.25, 0.3) is 0 Å². The fourth-order valence-corrected chi connectivity index (χ4v) is 3.10. The van der Waals surface area contributed by atoms with Gasteiger partial charge in [0.1, 0.15) is 0 Å². The van der Waals surface area contributed by atoms with E-state index in [-0.39, 0.29) is 0 Å². The van der Waals surface area contributed by atoms with E-state index in [0.29, 0.717) is 11.0 Å². The van der Waals surface area contributed by atoms with Gasteiger partial charge in [0, 0.05) is 18.6 Å². The Bertz CT molecular complexity index is 253. The summed E-state index contributed by atoms with van der Waals surface area (Å²) in [5.74, 6) is 0. The molecule has 0 amide bonds. The summed E-state index contributed by atoms with van der Waals surface area (Å²) >= 11 is 0. The van der Waals surface area contributed by atoms with Gasteiger partial charge in [0.2, 0.25) is 0 Å². The maximum Gasteiger partial charge on any atom is 0.0153 e. The molecular weight excluding hydrogens is 256 g/mol. The van der Waals surface area contributed by atoms with E-state index in [0.717, 1.165) is 6.54 Å². The van der Waals surface area contributed by atoms with Crippen molar-refractivity contribution in [3.8, 4) is 0 Å². The van der Waals surface area contributed by atoms with Crippen LogP contribution in [0.25, 0.3) is 0 Å². The number of likely N-dealkylation sites (N-methyl/N-ethyl adjacent to an activating group) is 2. The second-order valence-corrected chi connectivity index (χ2v) is 8.24. The Hall–Kier alpha value is -0.0800. The lowest BCUT2D eigenvalue weighted by Crippen LogP contribution is -2.47. The van der Waals surface area contributed by atoms with E-state index in [9.17, 15) is 0 Å². The summed E-state index contributed by atoms with van der Waals surface area (Å²) in [6.45, 7) is 24.7. The van der Waals surface area contributed by atoms with Gasteiger partial charge >= 0.3 is 0 Å². The highest BCUT2D eigenvalue weighted by atomic mass is 15.2. The van der Waals surface area contributed by atoms with Crippen molar-refractivity contribution in [3.05, 3.63) is 0 Å². The third-order valence-electron chi connectivity index (χ3n) is 4.63. The van der Waals surface area contributed by atoms with Crippen LogP contribution >= 0.6 is 0 Å². The van der Waals surface area contributed by atoms with Crippen LogP contribution in [0.15, 0.2) is 0 Å². The van der Waals surface area contributed by atoms with Crippen molar-refractivity contribution in [2.45, 2.75) is 86.6 Å². The number of rotatable bonds is 11. The number of hydrogen-bond acceptors (Lipinski definition) is 2. The molecule has 0 spiro atoms. The third-order valence-corrected chi connectivity index (χ3v) is 4.63. The quantitative estimate of drug-likeness (QED) is 0.527. The first-order chi connectivity index (χ1) is 9.66. The van der Waals surface area contributed by atoms with E-state index in [1.54, 1.807) is 0 Å². The molecular formula is C19H42N2. The average Bonchev–Trinajstić information content (AvgIpc) is 2.35. The largest absolute Gasteiger partial charge is 0.302 e.